The smallest absolute Gasteiger partial charge is 0.333 e. The molecular weight excluding hydrogens is 607 g/mol. The van der Waals surface area contributed by atoms with Crippen LogP contribution in [0, 0.1) is 6.92 Å². The van der Waals surface area contributed by atoms with Gasteiger partial charge in [0.1, 0.15) is 12.6 Å². The van der Waals surface area contributed by atoms with Crippen molar-refractivity contribution >= 4 is 36.6 Å². The van der Waals surface area contributed by atoms with Crippen LogP contribution in [0.5, 0.6) is 0 Å². The zero-order valence-corrected chi connectivity index (χ0v) is 29.1. The predicted molar refractivity (Wildman–Crippen MR) is 169 cm³/mol. The summed E-state index contributed by atoms with van der Waals surface area (Å²) in [7, 11) is -6.32. The summed E-state index contributed by atoms with van der Waals surface area (Å²) in [4.78, 5) is 38.9. The monoisotopic (exact) mass is 653 g/mol. The average Bonchev–Trinajstić information content (AvgIpc) is 3.31. The van der Waals surface area contributed by atoms with E-state index in [0.29, 0.717) is 0 Å². The molecule has 1 fully saturated rings. The van der Waals surface area contributed by atoms with Crippen LogP contribution in [0.1, 0.15) is 53.3 Å². The highest BCUT2D eigenvalue weighted by atomic mass is 32.3. The van der Waals surface area contributed by atoms with Gasteiger partial charge in [-0.25, -0.2) is 8.98 Å². The summed E-state index contributed by atoms with van der Waals surface area (Å²) < 4.78 is 52.6. The van der Waals surface area contributed by atoms with E-state index in [-0.39, 0.29) is 21.7 Å². The van der Waals surface area contributed by atoms with E-state index < -0.39 is 78.5 Å². The number of carbonyl (C=O) groups is 1. The Balaban J connectivity index is 2.26. The fourth-order valence-corrected chi connectivity index (χ4v) is 7.09. The fourth-order valence-electron chi connectivity index (χ4n) is 4.12. The first-order valence-corrected chi connectivity index (χ1v) is 19.7. The van der Waals surface area contributed by atoms with Crippen molar-refractivity contribution < 1.29 is 30.5 Å². The van der Waals surface area contributed by atoms with Gasteiger partial charge in [-0.15, -0.1) is 20.6 Å². The summed E-state index contributed by atoms with van der Waals surface area (Å²) in [5.41, 5.74) is -2.91. The van der Waals surface area contributed by atoms with Crippen molar-refractivity contribution in [3.05, 3.63) is 44.1 Å². The maximum Gasteiger partial charge on any atom is 0.333 e. The van der Waals surface area contributed by atoms with Crippen molar-refractivity contribution in [2.75, 3.05) is 38.7 Å². The molecule has 1 spiro atoms. The summed E-state index contributed by atoms with van der Waals surface area (Å²) in [5, 5.41) is 3.40. The number of nitrogens with one attached hydrogen (secondary N) is 1. The van der Waals surface area contributed by atoms with E-state index in [1.54, 1.807) is 0 Å². The molecule has 12 nitrogen and oxygen atoms in total. The van der Waals surface area contributed by atoms with Gasteiger partial charge in [0.15, 0.2) is 17.9 Å². The fraction of sp³-hybridized carbons (Fsp3) is 0.741. The van der Waals surface area contributed by atoms with Crippen molar-refractivity contribution in [3.8, 4) is 0 Å². The molecule has 2 aliphatic heterocycles. The van der Waals surface area contributed by atoms with Crippen LogP contribution in [0.3, 0.4) is 0 Å². The molecule has 0 bridgehead atoms. The van der Waals surface area contributed by atoms with Gasteiger partial charge in [0.2, 0.25) is 5.91 Å². The quantitative estimate of drug-likeness (QED) is 0.419. The number of rotatable bonds is 8. The second-order valence-electron chi connectivity index (χ2n) is 13.3. The van der Waals surface area contributed by atoms with Gasteiger partial charge in [0.05, 0.1) is 12.0 Å². The van der Waals surface area contributed by atoms with Gasteiger partial charge in [-0.05, 0) is 38.0 Å². The third-order valence-corrected chi connectivity index (χ3v) is 16.6. The van der Waals surface area contributed by atoms with Crippen molar-refractivity contribution in [2.45, 2.75) is 88.5 Å². The maximum absolute atomic E-state index is 13.8. The molecule has 1 N–H and O–H groups in total. The van der Waals surface area contributed by atoms with Crippen LogP contribution in [0.25, 0.3) is 0 Å². The van der Waals surface area contributed by atoms with Gasteiger partial charge in [0, 0.05) is 28.3 Å². The zero-order valence-electron chi connectivity index (χ0n) is 26.7. The Morgan fingerprint density at radius 2 is 1.64 bits per heavy atom. The van der Waals surface area contributed by atoms with Gasteiger partial charge >= 0.3 is 5.69 Å². The number of nitrogens with zero attached hydrogens (tertiary/aromatic N) is 2. The Labute approximate surface area is 252 Å². The third kappa shape index (κ3) is 6.57. The number of amides is 1. The van der Waals surface area contributed by atoms with E-state index in [1.165, 1.54) is 30.8 Å². The number of hydrogen-bond donors (Lipinski definition) is 1. The summed E-state index contributed by atoms with van der Waals surface area (Å²) in [6, 6.07) is 0. The standard InChI is InChI=1S/C27H47N3O9S3/c1-18-15-30(24(33)29(22(18)32)16-20(31)28-8)23-21(38-41(11,12)26(5,6)7)27(13-14-42(34,35)39-27)19(37-23)17-36-40(9,10)25(2,3)4/h13-15,19,21,23H,16-17H2,1-12H3,(H,28,31)/t19-,21+,23-,27?/m1/s1. The lowest BCUT2D eigenvalue weighted by Gasteiger charge is -2.48. The van der Waals surface area contributed by atoms with Crippen LogP contribution in [-0.2, 0) is 38.7 Å². The molecule has 1 aromatic heterocycles. The van der Waals surface area contributed by atoms with Gasteiger partial charge < -0.3 is 18.4 Å². The molecule has 42 heavy (non-hydrogen) atoms. The Kier molecular flexibility index (Phi) is 9.45. The Morgan fingerprint density at radius 3 is 2.12 bits per heavy atom. The average molecular weight is 654 g/mol. The minimum Gasteiger partial charge on any atom is -0.358 e. The molecule has 3 rings (SSSR count). The molecule has 4 atom stereocenters. The van der Waals surface area contributed by atoms with E-state index in [4.69, 9.17) is 17.3 Å². The van der Waals surface area contributed by atoms with Crippen molar-refractivity contribution in [1.82, 2.24) is 14.5 Å². The van der Waals surface area contributed by atoms with E-state index in [2.05, 4.69) is 26.1 Å². The highest BCUT2D eigenvalue weighted by molar-refractivity contribution is 8.30. The highest BCUT2D eigenvalue weighted by Gasteiger charge is 2.64. The minimum absolute atomic E-state index is 0.0489. The Bertz CT molecular complexity index is 1470. The van der Waals surface area contributed by atoms with E-state index in [9.17, 15) is 22.8 Å². The van der Waals surface area contributed by atoms with Crippen LogP contribution in [0.2, 0.25) is 0 Å². The van der Waals surface area contributed by atoms with E-state index in [0.717, 1.165) is 9.98 Å². The molecule has 3 heterocycles. The van der Waals surface area contributed by atoms with Crippen LogP contribution in [0.15, 0.2) is 27.3 Å². The van der Waals surface area contributed by atoms with Crippen LogP contribution in [-0.4, -0.2) is 89.4 Å². The Hall–Kier alpha value is -1.62. The van der Waals surface area contributed by atoms with Gasteiger partial charge in [0.25, 0.3) is 15.7 Å². The predicted octanol–water partition coefficient (Wildman–Crippen LogP) is 2.53. The normalized spacial score (nSPS) is 27.0. The van der Waals surface area contributed by atoms with Crippen LogP contribution >= 0.6 is 20.6 Å². The first-order chi connectivity index (χ1) is 18.9. The lowest BCUT2D eigenvalue weighted by molar-refractivity contribution is -0.121. The molecule has 0 saturated carbocycles. The highest BCUT2D eigenvalue weighted by Crippen LogP contribution is 2.60. The number of aromatic nitrogens is 2. The summed E-state index contributed by atoms with van der Waals surface area (Å²) >= 11 is 0. The summed E-state index contributed by atoms with van der Waals surface area (Å²) in [6.07, 6.45) is 7.31. The van der Waals surface area contributed by atoms with Gasteiger partial charge in [-0.2, -0.15) is 8.42 Å². The number of hydrogen-bond acceptors (Lipinski definition) is 9. The SMILES string of the molecule is CNC(=O)Cn1c(=O)c(C)cn([C@@H]2O[C@H](COS(C)(C)C(C)(C)C)C3(C=CS(=O)(=O)O3)[C@H]2OS(C)(C)C(C)(C)C)c1=O. The van der Waals surface area contributed by atoms with Crippen LogP contribution < -0.4 is 16.6 Å². The first-order valence-electron chi connectivity index (χ1n) is 13.5. The number of aryl methyl sites for hydroxylation is 1. The maximum atomic E-state index is 13.8. The van der Waals surface area contributed by atoms with Gasteiger partial charge in [-0.1, -0.05) is 41.5 Å². The van der Waals surface area contributed by atoms with E-state index >= 15 is 0 Å². The molecule has 2 aliphatic rings. The van der Waals surface area contributed by atoms with E-state index in [1.807, 2.05) is 45.8 Å². The molecule has 1 amide bonds. The first kappa shape index (κ1) is 34.9. The molecule has 15 heteroatoms. The summed E-state index contributed by atoms with van der Waals surface area (Å²) in [5.74, 6) is -0.534. The topological polar surface area (TPSA) is 144 Å². The number of likely N-dealkylation sites (N-methyl/N-ethyl adjacent to an activating group) is 1. The molecule has 0 radical (unpaired) electrons. The zero-order chi connectivity index (χ0) is 32.3. The molecule has 1 unspecified atom stereocenters. The Morgan fingerprint density at radius 1 is 1.07 bits per heavy atom. The minimum atomic E-state index is -4.11. The lowest BCUT2D eigenvalue weighted by Crippen LogP contribution is -2.52. The molecule has 0 aliphatic carbocycles. The summed E-state index contributed by atoms with van der Waals surface area (Å²) in [6.45, 7) is 13.2. The van der Waals surface area contributed by atoms with Gasteiger partial charge in [-0.3, -0.25) is 18.7 Å². The van der Waals surface area contributed by atoms with Crippen molar-refractivity contribution in [2.24, 2.45) is 0 Å². The molecule has 242 valence electrons. The molecular formula is C27H47N3O9S3. The number of ether oxygens (including phenoxy) is 1. The van der Waals surface area contributed by atoms with Crippen molar-refractivity contribution in [3.63, 3.8) is 0 Å². The molecule has 0 aromatic carbocycles. The van der Waals surface area contributed by atoms with Crippen molar-refractivity contribution in [1.29, 1.82) is 0 Å². The lowest BCUT2D eigenvalue weighted by atomic mass is 9.92. The third-order valence-electron chi connectivity index (χ3n) is 8.30. The van der Waals surface area contributed by atoms with Crippen LogP contribution in [0.4, 0.5) is 0 Å². The largest absolute Gasteiger partial charge is 0.358 e. The second kappa shape index (κ2) is 11.4. The molecule has 1 saturated heterocycles. The second-order valence-corrected chi connectivity index (χ2v) is 22.5. The number of carbonyl (C=O) groups excluding carboxylic acids is 1. The molecule has 1 aromatic rings.